The second-order valence-electron chi connectivity index (χ2n) is 4.14. The van der Waals surface area contributed by atoms with E-state index in [4.69, 9.17) is 5.73 Å². The number of nitrogen functional groups attached to an aromatic ring is 1. The zero-order valence-electron chi connectivity index (χ0n) is 9.59. The Labute approximate surface area is 99.5 Å². The highest BCUT2D eigenvalue weighted by Gasteiger charge is 2.04. The van der Waals surface area contributed by atoms with Gasteiger partial charge in [-0.25, -0.2) is 4.98 Å². The van der Waals surface area contributed by atoms with E-state index < -0.39 is 0 Å². The van der Waals surface area contributed by atoms with Gasteiger partial charge in [0.25, 0.3) is 0 Å². The third kappa shape index (κ3) is 1.65. The van der Waals surface area contributed by atoms with Crippen LogP contribution in [0.2, 0.25) is 0 Å². The van der Waals surface area contributed by atoms with E-state index in [1.54, 1.807) is 0 Å². The number of rotatable bonds is 1. The van der Waals surface area contributed by atoms with Gasteiger partial charge >= 0.3 is 0 Å². The molecule has 0 radical (unpaired) electrons. The van der Waals surface area contributed by atoms with Crippen LogP contribution >= 0.6 is 0 Å². The molecule has 0 saturated carbocycles. The summed E-state index contributed by atoms with van der Waals surface area (Å²) in [6, 6.07) is 12.1. The van der Waals surface area contributed by atoms with E-state index in [9.17, 15) is 0 Å². The predicted molar refractivity (Wildman–Crippen MR) is 70.2 cm³/mol. The van der Waals surface area contributed by atoms with Gasteiger partial charge < -0.3 is 10.3 Å². The molecule has 0 aliphatic heterocycles. The Balaban J connectivity index is 2.20. The lowest BCUT2D eigenvalue weighted by Gasteiger charge is -2.06. The summed E-state index contributed by atoms with van der Waals surface area (Å²) in [6.07, 6.45) is 4.21. The number of aryl methyl sites for hydroxylation is 1. The summed E-state index contributed by atoms with van der Waals surface area (Å²) in [5, 5.41) is 2.45. The largest absolute Gasteiger partial charge is 0.384 e. The fraction of sp³-hybridized carbons (Fsp3) is 0.0714. The van der Waals surface area contributed by atoms with Gasteiger partial charge in [0.1, 0.15) is 5.82 Å². The minimum Gasteiger partial charge on any atom is -0.384 e. The van der Waals surface area contributed by atoms with Gasteiger partial charge in [0.2, 0.25) is 0 Å². The predicted octanol–water partition coefficient (Wildman–Crippen LogP) is 2.92. The topological polar surface area (TPSA) is 43.8 Å². The van der Waals surface area contributed by atoms with Crippen LogP contribution in [0.25, 0.3) is 16.5 Å². The van der Waals surface area contributed by atoms with E-state index in [0.29, 0.717) is 5.82 Å². The highest BCUT2D eigenvalue weighted by atomic mass is 15.0. The maximum Gasteiger partial charge on any atom is 0.123 e. The Morgan fingerprint density at radius 1 is 1.00 bits per heavy atom. The first-order valence-corrected chi connectivity index (χ1v) is 5.54. The lowest BCUT2D eigenvalue weighted by Crippen LogP contribution is -1.99. The lowest BCUT2D eigenvalue weighted by molar-refractivity contribution is 1.03. The molecule has 0 atom stereocenters. The molecule has 3 aromatic rings. The number of pyridine rings is 1. The number of benzene rings is 1. The molecule has 2 aromatic heterocycles. The first-order valence-electron chi connectivity index (χ1n) is 5.54. The Bertz CT molecular complexity index is 650. The van der Waals surface area contributed by atoms with Crippen molar-refractivity contribution in [2.24, 2.45) is 0 Å². The van der Waals surface area contributed by atoms with Crippen molar-refractivity contribution < 1.29 is 0 Å². The second kappa shape index (κ2) is 3.63. The SMILES string of the molecule is Cc1nc(N)ccc1-n1cc2ccccc2c1. The molecular formula is C14H13N3. The van der Waals surface area contributed by atoms with Gasteiger partial charge in [-0.3, -0.25) is 0 Å². The summed E-state index contributed by atoms with van der Waals surface area (Å²) in [4.78, 5) is 4.28. The summed E-state index contributed by atoms with van der Waals surface area (Å²) < 4.78 is 2.09. The van der Waals surface area contributed by atoms with E-state index in [1.807, 2.05) is 31.2 Å². The Kier molecular flexibility index (Phi) is 2.11. The summed E-state index contributed by atoms with van der Waals surface area (Å²) in [6.45, 7) is 1.97. The zero-order chi connectivity index (χ0) is 11.8. The molecule has 84 valence electrons. The molecule has 0 aliphatic rings. The standard InChI is InChI=1S/C14H13N3/c1-10-13(6-7-14(15)16-10)17-8-11-4-2-3-5-12(11)9-17/h2-9H,1H3,(H2,15,16). The molecule has 2 heterocycles. The van der Waals surface area contributed by atoms with Crippen LogP contribution in [0.4, 0.5) is 5.82 Å². The molecule has 0 unspecified atom stereocenters. The highest BCUT2D eigenvalue weighted by Crippen LogP contribution is 2.20. The summed E-state index contributed by atoms with van der Waals surface area (Å²) in [5.74, 6) is 0.558. The molecule has 0 spiro atoms. The van der Waals surface area contributed by atoms with Crippen LogP contribution in [0.5, 0.6) is 0 Å². The Hall–Kier alpha value is -2.29. The van der Waals surface area contributed by atoms with Crippen LogP contribution in [0.15, 0.2) is 48.8 Å². The summed E-state index contributed by atoms with van der Waals surface area (Å²) >= 11 is 0. The average Bonchev–Trinajstić information content (AvgIpc) is 2.72. The van der Waals surface area contributed by atoms with Crippen LogP contribution in [-0.4, -0.2) is 9.55 Å². The van der Waals surface area contributed by atoms with Gasteiger partial charge in [0.15, 0.2) is 0 Å². The number of aromatic nitrogens is 2. The van der Waals surface area contributed by atoms with Crippen molar-refractivity contribution >= 4 is 16.6 Å². The van der Waals surface area contributed by atoms with Crippen molar-refractivity contribution in [3.05, 3.63) is 54.5 Å². The second-order valence-corrected chi connectivity index (χ2v) is 4.14. The third-order valence-electron chi connectivity index (χ3n) is 2.91. The zero-order valence-corrected chi connectivity index (χ0v) is 9.59. The molecule has 3 rings (SSSR count). The molecule has 3 nitrogen and oxygen atoms in total. The Morgan fingerprint density at radius 2 is 1.65 bits per heavy atom. The monoisotopic (exact) mass is 223 g/mol. The van der Waals surface area contributed by atoms with Gasteiger partial charge in [0.05, 0.1) is 11.4 Å². The molecule has 1 aromatic carbocycles. The Morgan fingerprint density at radius 3 is 2.24 bits per heavy atom. The van der Waals surface area contributed by atoms with Crippen molar-refractivity contribution in [3.8, 4) is 5.69 Å². The molecule has 3 heteroatoms. The van der Waals surface area contributed by atoms with Crippen LogP contribution in [-0.2, 0) is 0 Å². The smallest absolute Gasteiger partial charge is 0.123 e. The maximum atomic E-state index is 5.66. The molecule has 0 aliphatic carbocycles. The normalized spacial score (nSPS) is 10.9. The number of anilines is 1. The van der Waals surface area contributed by atoms with Crippen molar-refractivity contribution in [1.29, 1.82) is 0 Å². The molecule has 0 fully saturated rings. The maximum absolute atomic E-state index is 5.66. The van der Waals surface area contributed by atoms with Gasteiger partial charge in [-0.15, -0.1) is 0 Å². The van der Waals surface area contributed by atoms with Crippen LogP contribution in [0.1, 0.15) is 5.69 Å². The number of nitrogens with two attached hydrogens (primary N) is 1. The number of hydrogen-bond acceptors (Lipinski definition) is 2. The molecule has 2 N–H and O–H groups in total. The average molecular weight is 223 g/mol. The number of fused-ring (bicyclic) bond motifs is 1. The van der Waals surface area contributed by atoms with Gasteiger partial charge in [0, 0.05) is 12.4 Å². The minimum atomic E-state index is 0.558. The van der Waals surface area contributed by atoms with Crippen LogP contribution in [0.3, 0.4) is 0 Å². The molecular weight excluding hydrogens is 210 g/mol. The van der Waals surface area contributed by atoms with E-state index in [-0.39, 0.29) is 0 Å². The number of hydrogen-bond donors (Lipinski definition) is 1. The summed E-state index contributed by atoms with van der Waals surface area (Å²) in [7, 11) is 0. The van der Waals surface area contributed by atoms with Gasteiger partial charge in [-0.05, 0) is 29.8 Å². The molecule has 0 amide bonds. The van der Waals surface area contributed by atoms with Crippen molar-refractivity contribution in [3.63, 3.8) is 0 Å². The van der Waals surface area contributed by atoms with Crippen LogP contribution in [0, 0.1) is 6.92 Å². The van der Waals surface area contributed by atoms with Gasteiger partial charge in [-0.1, -0.05) is 24.3 Å². The fourth-order valence-electron chi connectivity index (χ4n) is 2.07. The highest BCUT2D eigenvalue weighted by molar-refractivity contribution is 5.82. The first kappa shape index (κ1) is 9.90. The van der Waals surface area contributed by atoms with Crippen molar-refractivity contribution in [2.75, 3.05) is 5.73 Å². The van der Waals surface area contributed by atoms with E-state index in [2.05, 4.69) is 34.1 Å². The summed E-state index contributed by atoms with van der Waals surface area (Å²) in [5.41, 5.74) is 7.66. The van der Waals surface area contributed by atoms with Crippen LogP contribution < -0.4 is 5.73 Å². The number of nitrogens with zero attached hydrogens (tertiary/aromatic N) is 2. The first-order chi connectivity index (χ1) is 8.24. The lowest BCUT2D eigenvalue weighted by atomic mass is 10.2. The minimum absolute atomic E-state index is 0.558. The molecule has 0 saturated heterocycles. The quantitative estimate of drug-likeness (QED) is 0.689. The third-order valence-corrected chi connectivity index (χ3v) is 2.91. The van der Waals surface area contributed by atoms with Crippen molar-refractivity contribution in [2.45, 2.75) is 6.92 Å². The van der Waals surface area contributed by atoms with Gasteiger partial charge in [-0.2, -0.15) is 0 Å². The van der Waals surface area contributed by atoms with E-state index in [0.717, 1.165) is 11.4 Å². The van der Waals surface area contributed by atoms with E-state index >= 15 is 0 Å². The molecule has 17 heavy (non-hydrogen) atoms. The van der Waals surface area contributed by atoms with E-state index in [1.165, 1.54) is 10.8 Å². The fourth-order valence-corrected chi connectivity index (χ4v) is 2.07. The van der Waals surface area contributed by atoms with Crippen molar-refractivity contribution in [1.82, 2.24) is 9.55 Å². The molecule has 0 bridgehead atoms.